The SMILES string of the molecule is O=C(O)c1c(F)cccc1C(C(=O)CN1CCCC1=O)C(=O)NC(c1cccc(F)c1)C1CC1. The highest BCUT2D eigenvalue weighted by atomic mass is 19.1. The molecule has 9 heteroatoms. The molecular weight excluding hydrogens is 446 g/mol. The Kier molecular flexibility index (Phi) is 6.72. The molecule has 1 heterocycles. The molecule has 2 fully saturated rings. The molecule has 2 atom stereocenters. The average Bonchev–Trinajstić information content (AvgIpc) is 3.54. The molecule has 2 amide bonds. The number of nitrogens with one attached hydrogen (secondary N) is 1. The first-order valence-electron chi connectivity index (χ1n) is 11.1. The first-order chi connectivity index (χ1) is 16.3. The van der Waals surface area contributed by atoms with Crippen molar-refractivity contribution in [3.05, 3.63) is 70.8 Å². The van der Waals surface area contributed by atoms with E-state index in [0.29, 0.717) is 18.5 Å². The van der Waals surface area contributed by atoms with Gasteiger partial charge in [0.05, 0.1) is 18.2 Å². The summed E-state index contributed by atoms with van der Waals surface area (Å²) in [5.41, 5.74) is -0.526. The van der Waals surface area contributed by atoms with Crippen LogP contribution in [-0.2, 0) is 14.4 Å². The Balaban J connectivity index is 1.69. The maximum Gasteiger partial charge on any atom is 0.339 e. The Bertz CT molecular complexity index is 1150. The lowest BCUT2D eigenvalue weighted by Crippen LogP contribution is -2.42. The van der Waals surface area contributed by atoms with Gasteiger partial charge >= 0.3 is 5.97 Å². The highest BCUT2D eigenvalue weighted by Gasteiger charge is 2.39. The van der Waals surface area contributed by atoms with E-state index >= 15 is 0 Å². The minimum Gasteiger partial charge on any atom is -0.478 e. The Morgan fingerprint density at radius 2 is 1.85 bits per heavy atom. The topological polar surface area (TPSA) is 104 Å². The quantitative estimate of drug-likeness (QED) is 0.548. The number of rotatable bonds is 9. The monoisotopic (exact) mass is 470 g/mol. The van der Waals surface area contributed by atoms with Crippen LogP contribution in [0.15, 0.2) is 42.5 Å². The average molecular weight is 470 g/mol. The second kappa shape index (κ2) is 9.70. The zero-order valence-corrected chi connectivity index (χ0v) is 18.3. The maximum atomic E-state index is 14.4. The Hall–Kier alpha value is -3.62. The molecule has 4 rings (SSSR count). The van der Waals surface area contributed by atoms with E-state index in [-0.39, 0.29) is 30.4 Å². The summed E-state index contributed by atoms with van der Waals surface area (Å²) in [4.78, 5) is 51.9. The molecule has 2 unspecified atom stereocenters. The van der Waals surface area contributed by atoms with Crippen LogP contribution in [0.2, 0.25) is 0 Å². The number of Topliss-reactive ketones (excluding diaryl/α,β-unsaturated/α-hetero) is 1. The summed E-state index contributed by atoms with van der Waals surface area (Å²) >= 11 is 0. The Morgan fingerprint density at radius 3 is 2.47 bits per heavy atom. The van der Waals surface area contributed by atoms with Crippen LogP contribution >= 0.6 is 0 Å². The molecule has 1 aliphatic carbocycles. The van der Waals surface area contributed by atoms with Crippen molar-refractivity contribution in [2.24, 2.45) is 5.92 Å². The van der Waals surface area contributed by atoms with Crippen LogP contribution < -0.4 is 5.32 Å². The number of nitrogens with zero attached hydrogens (tertiary/aromatic N) is 1. The smallest absolute Gasteiger partial charge is 0.339 e. The Morgan fingerprint density at radius 1 is 1.12 bits per heavy atom. The van der Waals surface area contributed by atoms with Crippen LogP contribution in [0.3, 0.4) is 0 Å². The summed E-state index contributed by atoms with van der Waals surface area (Å²) in [7, 11) is 0. The van der Waals surface area contributed by atoms with Crippen molar-refractivity contribution in [3.8, 4) is 0 Å². The molecule has 0 spiro atoms. The molecule has 34 heavy (non-hydrogen) atoms. The largest absolute Gasteiger partial charge is 0.478 e. The maximum absolute atomic E-state index is 14.4. The third-order valence-corrected chi connectivity index (χ3v) is 6.27. The molecule has 0 aromatic heterocycles. The number of halogens is 2. The van der Waals surface area contributed by atoms with Crippen LogP contribution in [0.5, 0.6) is 0 Å². The van der Waals surface area contributed by atoms with E-state index in [1.807, 2.05) is 0 Å². The zero-order chi connectivity index (χ0) is 24.4. The number of carboxylic acid groups (broad SMARTS) is 1. The Labute approximate surface area is 194 Å². The predicted octanol–water partition coefficient (Wildman–Crippen LogP) is 3.21. The molecule has 1 saturated heterocycles. The van der Waals surface area contributed by atoms with E-state index in [1.165, 1.54) is 35.2 Å². The zero-order valence-electron chi connectivity index (χ0n) is 18.3. The van der Waals surface area contributed by atoms with Gasteiger partial charge in [-0.1, -0.05) is 24.3 Å². The standard InChI is InChI=1S/C25H24F2N2O5/c26-16-5-1-4-15(12-16)23(14-9-10-14)28-24(32)22(19(30)13-29-11-3-8-20(29)31)17-6-2-7-18(27)21(17)25(33)34/h1-2,4-7,12,14,22-23H,3,8-11,13H2,(H,28,32)(H,33,34). The summed E-state index contributed by atoms with van der Waals surface area (Å²) < 4.78 is 28.3. The first-order valence-corrected chi connectivity index (χ1v) is 11.1. The molecule has 2 aromatic carbocycles. The number of carboxylic acids is 1. The molecule has 0 bridgehead atoms. The van der Waals surface area contributed by atoms with Crippen molar-refractivity contribution in [2.75, 3.05) is 13.1 Å². The fraction of sp³-hybridized carbons (Fsp3) is 0.360. The normalized spacial score (nSPS) is 17.4. The van der Waals surface area contributed by atoms with Crippen LogP contribution in [0.4, 0.5) is 8.78 Å². The molecule has 1 saturated carbocycles. The highest BCUT2D eigenvalue weighted by Crippen LogP contribution is 2.41. The fourth-order valence-electron chi connectivity index (χ4n) is 4.46. The van der Waals surface area contributed by atoms with Crippen molar-refractivity contribution in [1.29, 1.82) is 0 Å². The summed E-state index contributed by atoms with van der Waals surface area (Å²) in [5, 5.41) is 12.4. The van der Waals surface area contributed by atoms with Crippen molar-refractivity contribution >= 4 is 23.6 Å². The molecular formula is C25H24F2N2O5. The third-order valence-electron chi connectivity index (χ3n) is 6.27. The highest BCUT2D eigenvalue weighted by molar-refractivity contribution is 6.10. The number of carbonyl (C=O) groups is 4. The van der Waals surface area contributed by atoms with Crippen molar-refractivity contribution in [1.82, 2.24) is 10.2 Å². The van der Waals surface area contributed by atoms with Crippen LogP contribution in [0.1, 0.15) is 59.1 Å². The summed E-state index contributed by atoms with van der Waals surface area (Å²) in [6.07, 6.45) is 2.45. The minimum absolute atomic E-state index is 0.0353. The van der Waals surface area contributed by atoms with Crippen molar-refractivity contribution in [2.45, 2.75) is 37.6 Å². The van der Waals surface area contributed by atoms with Crippen molar-refractivity contribution < 1.29 is 33.1 Å². The van der Waals surface area contributed by atoms with E-state index in [0.717, 1.165) is 18.9 Å². The lowest BCUT2D eigenvalue weighted by molar-refractivity contribution is -0.136. The molecule has 2 aromatic rings. The number of amides is 2. The summed E-state index contributed by atoms with van der Waals surface area (Å²) in [6, 6.07) is 8.57. The van der Waals surface area contributed by atoms with Gasteiger partial charge in [0.25, 0.3) is 0 Å². The van der Waals surface area contributed by atoms with Gasteiger partial charge in [0.1, 0.15) is 17.6 Å². The number of hydrogen-bond donors (Lipinski definition) is 2. The molecule has 2 aliphatic rings. The number of hydrogen-bond acceptors (Lipinski definition) is 4. The summed E-state index contributed by atoms with van der Waals surface area (Å²) in [5.74, 6) is -6.54. The first kappa shape index (κ1) is 23.5. The third kappa shape index (κ3) is 4.98. The van der Waals surface area contributed by atoms with E-state index in [2.05, 4.69) is 5.32 Å². The number of aromatic carboxylic acids is 1. The lowest BCUT2D eigenvalue weighted by Gasteiger charge is -2.25. The van der Waals surface area contributed by atoms with E-state index in [4.69, 9.17) is 0 Å². The van der Waals surface area contributed by atoms with E-state index < -0.39 is 46.8 Å². The van der Waals surface area contributed by atoms with E-state index in [9.17, 15) is 33.1 Å². The van der Waals surface area contributed by atoms with Gasteiger partial charge in [-0.05, 0) is 54.5 Å². The van der Waals surface area contributed by atoms with Gasteiger partial charge in [-0.3, -0.25) is 14.4 Å². The number of ketones is 1. The lowest BCUT2D eigenvalue weighted by atomic mass is 9.88. The molecule has 7 nitrogen and oxygen atoms in total. The number of benzene rings is 2. The fourth-order valence-corrected chi connectivity index (χ4v) is 4.46. The molecule has 2 N–H and O–H groups in total. The predicted molar refractivity (Wildman–Crippen MR) is 117 cm³/mol. The van der Waals surface area contributed by atoms with Gasteiger partial charge in [0.15, 0.2) is 5.78 Å². The summed E-state index contributed by atoms with van der Waals surface area (Å²) in [6.45, 7) is -0.0393. The molecule has 0 radical (unpaired) electrons. The van der Waals surface area contributed by atoms with Gasteiger partial charge < -0.3 is 15.3 Å². The minimum atomic E-state index is -1.65. The number of carbonyl (C=O) groups excluding carboxylic acids is 3. The van der Waals surface area contributed by atoms with Crippen LogP contribution in [0, 0.1) is 17.6 Å². The second-order valence-electron chi connectivity index (χ2n) is 8.71. The van der Waals surface area contributed by atoms with Gasteiger partial charge in [0, 0.05) is 13.0 Å². The second-order valence-corrected chi connectivity index (χ2v) is 8.71. The van der Waals surface area contributed by atoms with E-state index in [1.54, 1.807) is 6.07 Å². The van der Waals surface area contributed by atoms with Crippen LogP contribution in [-0.4, -0.2) is 46.7 Å². The van der Waals surface area contributed by atoms with Gasteiger partial charge in [-0.25, -0.2) is 13.6 Å². The van der Waals surface area contributed by atoms with Crippen LogP contribution in [0.25, 0.3) is 0 Å². The molecule has 1 aliphatic heterocycles. The van der Waals surface area contributed by atoms with Gasteiger partial charge in [0.2, 0.25) is 11.8 Å². The van der Waals surface area contributed by atoms with Gasteiger partial charge in [-0.15, -0.1) is 0 Å². The van der Waals surface area contributed by atoms with Gasteiger partial charge in [-0.2, -0.15) is 0 Å². The number of likely N-dealkylation sites (tertiary alicyclic amines) is 1. The molecule has 178 valence electrons. The van der Waals surface area contributed by atoms with Crippen molar-refractivity contribution in [3.63, 3.8) is 0 Å².